The molecule has 0 fully saturated rings. The molecule has 0 unspecified atom stereocenters. The zero-order valence-electron chi connectivity index (χ0n) is 15.4. The Morgan fingerprint density at radius 3 is 2.15 bits per heavy atom. The van der Waals surface area contributed by atoms with Crippen molar-refractivity contribution in [2.24, 2.45) is 0 Å². The van der Waals surface area contributed by atoms with Crippen LogP contribution in [0.15, 0.2) is 65.7 Å². The van der Waals surface area contributed by atoms with Crippen LogP contribution in [-0.2, 0) is 10.0 Å². The first kappa shape index (κ1) is 18.7. The van der Waals surface area contributed by atoms with Crippen molar-refractivity contribution in [2.75, 3.05) is 17.1 Å². The number of para-hydroxylation sites is 1. The van der Waals surface area contributed by atoms with Crippen LogP contribution in [0.25, 0.3) is 0 Å². The molecule has 3 rings (SSSR count). The molecule has 7 heteroatoms. The molecular weight excluding hydrogens is 362 g/mol. The first-order valence-electron chi connectivity index (χ1n) is 8.35. The second-order valence-electron chi connectivity index (χ2n) is 6.10. The van der Waals surface area contributed by atoms with Crippen molar-refractivity contribution in [3.63, 3.8) is 0 Å². The van der Waals surface area contributed by atoms with Crippen LogP contribution < -0.4 is 14.8 Å². The monoisotopic (exact) mass is 383 g/mol. The Morgan fingerprint density at radius 2 is 1.59 bits per heavy atom. The molecule has 2 aromatic carbocycles. The largest absolute Gasteiger partial charge is 0.497 e. The van der Waals surface area contributed by atoms with Gasteiger partial charge < -0.3 is 10.1 Å². The topological polar surface area (TPSA) is 80.3 Å². The first-order chi connectivity index (χ1) is 12.9. The molecule has 0 aliphatic heterocycles. The summed E-state index contributed by atoms with van der Waals surface area (Å²) in [7, 11) is -2.16. The number of ether oxygens (including phenoxy) is 1. The van der Waals surface area contributed by atoms with Gasteiger partial charge in [-0.3, -0.25) is 4.72 Å². The molecule has 0 radical (unpaired) electrons. The SMILES string of the molecule is COc1ccc(S(=O)(=O)Nc2ccc(Nc3c(C)cccc3C)nc2)cc1. The average Bonchev–Trinajstić information content (AvgIpc) is 2.66. The molecule has 0 aliphatic rings. The molecule has 0 atom stereocenters. The van der Waals surface area contributed by atoms with Gasteiger partial charge in [0.1, 0.15) is 11.6 Å². The quantitative estimate of drug-likeness (QED) is 0.665. The van der Waals surface area contributed by atoms with E-state index in [9.17, 15) is 8.42 Å². The fourth-order valence-corrected chi connectivity index (χ4v) is 3.68. The molecule has 27 heavy (non-hydrogen) atoms. The van der Waals surface area contributed by atoms with Crippen LogP contribution in [0.5, 0.6) is 5.75 Å². The van der Waals surface area contributed by atoms with Crippen molar-refractivity contribution in [1.82, 2.24) is 4.98 Å². The van der Waals surface area contributed by atoms with Gasteiger partial charge in [0.2, 0.25) is 0 Å². The third kappa shape index (κ3) is 4.38. The van der Waals surface area contributed by atoms with E-state index in [0.717, 1.165) is 16.8 Å². The van der Waals surface area contributed by atoms with E-state index in [0.29, 0.717) is 17.3 Å². The van der Waals surface area contributed by atoms with Crippen LogP contribution in [0.2, 0.25) is 0 Å². The minimum atomic E-state index is -3.69. The smallest absolute Gasteiger partial charge is 0.261 e. The average molecular weight is 383 g/mol. The summed E-state index contributed by atoms with van der Waals surface area (Å²) in [4.78, 5) is 4.46. The zero-order chi connectivity index (χ0) is 19.4. The van der Waals surface area contributed by atoms with Crippen LogP contribution in [0.4, 0.5) is 17.2 Å². The molecule has 140 valence electrons. The second kappa shape index (κ2) is 7.67. The minimum Gasteiger partial charge on any atom is -0.497 e. The summed E-state index contributed by atoms with van der Waals surface area (Å²) >= 11 is 0. The highest BCUT2D eigenvalue weighted by Crippen LogP contribution is 2.24. The predicted octanol–water partition coefficient (Wildman–Crippen LogP) is 4.25. The molecular formula is C20H21N3O3S. The van der Waals surface area contributed by atoms with E-state index in [1.807, 2.05) is 32.0 Å². The molecule has 6 nitrogen and oxygen atoms in total. The molecule has 0 saturated carbocycles. The van der Waals surface area contributed by atoms with E-state index in [1.165, 1.54) is 25.4 Å². The lowest BCUT2D eigenvalue weighted by atomic mass is 10.1. The molecule has 0 saturated heterocycles. The normalized spacial score (nSPS) is 11.1. The predicted molar refractivity (Wildman–Crippen MR) is 107 cm³/mol. The number of sulfonamides is 1. The van der Waals surface area contributed by atoms with E-state index in [-0.39, 0.29) is 4.90 Å². The van der Waals surface area contributed by atoms with Crippen molar-refractivity contribution in [3.8, 4) is 5.75 Å². The fourth-order valence-electron chi connectivity index (χ4n) is 2.64. The number of hydrogen-bond donors (Lipinski definition) is 2. The highest BCUT2D eigenvalue weighted by atomic mass is 32.2. The van der Waals surface area contributed by atoms with E-state index in [2.05, 4.69) is 15.0 Å². The van der Waals surface area contributed by atoms with Gasteiger partial charge >= 0.3 is 0 Å². The van der Waals surface area contributed by atoms with Crippen molar-refractivity contribution in [1.29, 1.82) is 0 Å². The second-order valence-corrected chi connectivity index (χ2v) is 7.79. The highest BCUT2D eigenvalue weighted by Gasteiger charge is 2.14. The van der Waals surface area contributed by atoms with Crippen LogP contribution in [-0.4, -0.2) is 20.5 Å². The number of anilines is 3. The van der Waals surface area contributed by atoms with Crippen molar-refractivity contribution in [3.05, 3.63) is 71.9 Å². The minimum absolute atomic E-state index is 0.154. The van der Waals surface area contributed by atoms with Crippen molar-refractivity contribution >= 4 is 27.2 Å². The van der Waals surface area contributed by atoms with Crippen LogP contribution >= 0.6 is 0 Å². The van der Waals surface area contributed by atoms with Gasteiger partial charge in [-0.1, -0.05) is 18.2 Å². The number of aromatic nitrogens is 1. The maximum atomic E-state index is 12.5. The summed E-state index contributed by atoms with van der Waals surface area (Å²) in [6, 6.07) is 15.6. The summed E-state index contributed by atoms with van der Waals surface area (Å²) in [5.41, 5.74) is 3.61. The van der Waals surface area contributed by atoms with E-state index in [1.54, 1.807) is 24.3 Å². The van der Waals surface area contributed by atoms with Crippen LogP contribution in [0, 0.1) is 13.8 Å². The number of rotatable bonds is 6. The van der Waals surface area contributed by atoms with E-state index >= 15 is 0 Å². The molecule has 3 aromatic rings. The molecule has 1 aromatic heterocycles. The maximum absolute atomic E-state index is 12.5. The lowest BCUT2D eigenvalue weighted by Gasteiger charge is -2.13. The lowest BCUT2D eigenvalue weighted by Crippen LogP contribution is -2.13. The molecule has 1 heterocycles. The fraction of sp³-hybridized carbons (Fsp3) is 0.150. The molecule has 0 amide bonds. The van der Waals surface area contributed by atoms with E-state index in [4.69, 9.17) is 4.74 Å². The Bertz CT molecular complexity index is 1010. The van der Waals surface area contributed by atoms with Gasteiger partial charge in [-0.05, 0) is 61.4 Å². The van der Waals surface area contributed by atoms with E-state index < -0.39 is 10.0 Å². The number of hydrogen-bond acceptors (Lipinski definition) is 5. The summed E-state index contributed by atoms with van der Waals surface area (Å²) in [6.45, 7) is 4.04. The maximum Gasteiger partial charge on any atom is 0.261 e. The Morgan fingerprint density at radius 1 is 0.926 bits per heavy atom. The Hall–Kier alpha value is -3.06. The summed E-state index contributed by atoms with van der Waals surface area (Å²) in [5, 5.41) is 3.27. The zero-order valence-corrected chi connectivity index (χ0v) is 16.2. The highest BCUT2D eigenvalue weighted by molar-refractivity contribution is 7.92. The van der Waals surface area contributed by atoms with Gasteiger partial charge in [-0.15, -0.1) is 0 Å². The molecule has 0 aliphatic carbocycles. The Kier molecular flexibility index (Phi) is 5.32. The Labute approximate surface area is 159 Å². The van der Waals surface area contributed by atoms with Gasteiger partial charge in [-0.2, -0.15) is 0 Å². The van der Waals surface area contributed by atoms with Gasteiger partial charge in [0.05, 0.1) is 23.9 Å². The number of pyridine rings is 1. The molecule has 0 bridgehead atoms. The van der Waals surface area contributed by atoms with Gasteiger partial charge in [0.25, 0.3) is 10.0 Å². The molecule has 2 N–H and O–H groups in total. The molecule has 0 spiro atoms. The Balaban J connectivity index is 1.75. The van der Waals surface area contributed by atoms with Gasteiger partial charge in [0, 0.05) is 5.69 Å². The summed E-state index contributed by atoms with van der Waals surface area (Å²) in [5.74, 6) is 1.23. The standard InChI is InChI=1S/C20H21N3O3S/c1-14-5-4-6-15(2)20(14)22-19-12-7-16(13-21-19)23-27(24,25)18-10-8-17(26-3)9-11-18/h4-13,23H,1-3H3,(H,21,22). The number of nitrogens with zero attached hydrogens (tertiary/aromatic N) is 1. The summed E-state index contributed by atoms with van der Waals surface area (Å²) in [6.07, 6.45) is 1.48. The lowest BCUT2D eigenvalue weighted by molar-refractivity contribution is 0.414. The number of aryl methyl sites for hydroxylation is 2. The summed E-state index contributed by atoms with van der Waals surface area (Å²) < 4.78 is 32.5. The number of methoxy groups -OCH3 is 1. The number of nitrogens with one attached hydrogen (secondary N) is 2. The van der Waals surface area contributed by atoms with Crippen LogP contribution in [0.1, 0.15) is 11.1 Å². The third-order valence-electron chi connectivity index (χ3n) is 4.12. The van der Waals surface area contributed by atoms with Gasteiger partial charge in [-0.25, -0.2) is 13.4 Å². The first-order valence-corrected chi connectivity index (χ1v) is 9.83. The van der Waals surface area contributed by atoms with Gasteiger partial charge in [0.15, 0.2) is 0 Å². The van der Waals surface area contributed by atoms with Crippen molar-refractivity contribution < 1.29 is 13.2 Å². The van der Waals surface area contributed by atoms with Crippen molar-refractivity contribution in [2.45, 2.75) is 18.7 Å². The number of benzene rings is 2. The van der Waals surface area contributed by atoms with Crippen LogP contribution in [0.3, 0.4) is 0 Å². The third-order valence-corrected chi connectivity index (χ3v) is 5.52.